The summed E-state index contributed by atoms with van der Waals surface area (Å²) >= 11 is 12.3. The molecule has 3 aromatic rings. The Morgan fingerprint density at radius 2 is 1.60 bits per heavy atom. The zero-order valence-corrected chi connectivity index (χ0v) is 21.9. The van der Waals surface area contributed by atoms with E-state index in [1.165, 1.54) is 0 Å². The number of rotatable bonds is 10. The van der Waals surface area contributed by atoms with Crippen molar-refractivity contribution in [3.8, 4) is 0 Å². The van der Waals surface area contributed by atoms with E-state index in [0.717, 1.165) is 28.7 Å². The minimum atomic E-state index is -0.665. The maximum absolute atomic E-state index is 13.8. The fourth-order valence-electron chi connectivity index (χ4n) is 3.93. The van der Waals surface area contributed by atoms with E-state index in [1.54, 1.807) is 23.1 Å². The molecule has 0 aliphatic rings. The van der Waals surface area contributed by atoms with E-state index in [9.17, 15) is 9.59 Å². The molecule has 0 bridgehead atoms. The van der Waals surface area contributed by atoms with Gasteiger partial charge >= 0.3 is 0 Å². The first kappa shape index (κ1) is 26.8. The molecular weight excluding hydrogens is 479 g/mol. The molecule has 0 aromatic heterocycles. The molecule has 0 aliphatic carbocycles. The Balaban J connectivity index is 1.98. The van der Waals surface area contributed by atoms with Gasteiger partial charge in [-0.15, -0.1) is 0 Å². The van der Waals surface area contributed by atoms with Crippen LogP contribution in [0.2, 0.25) is 10.0 Å². The molecule has 2 unspecified atom stereocenters. The lowest BCUT2D eigenvalue weighted by molar-refractivity contribution is -0.141. The lowest BCUT2D eigenvalue weighted by Crippen LogP contribution is -2.52. The fourth-order valence-corrected chi connectivity index (χ4v) is 4.25. The van der Waals surface area contributed by atoms with Crippen LogP contribution in [-0.4, -0.2) is 28.8 Å². The van der Waals surface area contributed by atoms with Crippen molar-refractivity contribution in [2.75, 3.05) is 0 Å². The van der Waals surface area contributed by atoms with Crippen LogP contribution in [0, 0.1) is 6.92 Å². The molecular formula is C29H32Cl2N2O2. The van der Waals surface area contributed by atoms with E-state index in [-0.39, 0.29) is 24.3 Å². The van der Waals surface area contributed by atoms with Crippen LogP contribution in [0.25, 0.3) is 0 Å². The van der Waals surface area contributed by atoms with Crippen molar-refractivity contribution in [2.45, 2.75) is 58.7 Å². The average molecular weight is 511 g/mol. The van der Waals surface area contributed by atoms with Crippen molar-refractivity contribution in [1.82, 2.24) is 10.2 Å². The molecule has 0 saturated carbocycles. The van der Waals surface area contributed by atoms with Gasteiger partial charge in [-0.1, -0.05) is 96.4 Å². The van der Waals surface area contributed by atoms with Crippen molar-refractivity contribution < 1.29 is 9.59 Å². The number of hydrogen-bond acceptors (Lipinski definition) is 2. The Hall–Kier alpha value is -2.82. The number of carbonyl (C=O) groups is 2. The number of nitrogens with one attached hydrogen (secondary N) is 1. The zero-order chi connectivity index (χ0) is 25.4. The van der Waals surface area contributed by atoms with Gasteiger partial charge in [-0.25, -0.2) is 0 Å². The van der Waals surface area contributed by atoms with Gasteiger partial charge in [0.2, 0.25) is 11.8 Å². The molecule has 2 amide bonds. The topological polar surface area (TPSA) is 49.4 Å². The third kappa shape index (κ3) is 7.84. The Morgan fingerprint density at radius 3 is 2.26 bits per heavy atom. The SMILES string of the molecule is CCC(C)NC(=O)C(Cc1ccccc1)N(Cc1cccc(C)c1)C(=O)Cc1ccc(Cl)c(Cl)c1. The summed E-state index contributed by atoms with van der Waals surface area (Å²) in [5.41, 5.74) is 3.82. The van der Waals surface area contributed by atoms with E-state index in [0.29, 0.717) is 23.0 Å². The summed E-state index contributed by atoms with van der Waals surface area (Å²) in [5, 5.41) is 3.93. The first-order chi connectivity index (χ1) is 16.8. The number of benzene rings is 3. The van der Waals surface area contributed by atoms with E-state index in [1.807, 2.05) is 75.4 Å². The highest BCUT2D eigenvalue weighted by Gasteiger charge is 2.31. The molecule has 4 nitrogen and oxygen atoms in total. The van der Waals surface area contributed by atoms with Gasteiger partial charge in [0.15, 0.2) is 0 Å². The summed E-state index contributed by atoms with van der Waals surface area (Å²) < 4.78 is 0. The lowest BCUT2D eigenvalue weighted by Gasteiger charge is -2.32. The van der Waals surface area contributed by atoms with E-state index >= 15 is 0 Å². The molecule has 184 valence electrons. The van der Waals surface area contributed by atoms with Gasteiger partial charge in [0.25, 0.3) is 0 Å². The predicted molar refractivity (Wildman–Crippen MR) is 144 cm³/mol. The second kappa shape index (κ2) is 12.8. The molecule has 3 rings (SSSR count). The van der Waals surface area contributed by atoms with Crippen LogP contribution in [0.4, 0.5) is 0 Å². The smallest absolute Gasteiger partial charge is 0.243 e. The molecule has 0 saturated heterocycles. The van der Waals surface area contributed by atoms with Crippen LogP contribution in [0.1, 0.15) is 42.5 Å². The molecule has 35 heavy (non-hydrogen) atoms. The number of hydrogen-bond donors (Lipinski definition) is 1. The van der Waals surface area contributed by atoms with Gasteiger partial charge in [-0.3, -0.25) is 9.59 Å². The van der Waals surface area contributed by atoms with Gasteiger partial charge in [0.1, 0.15) is 6.04 Å². The highest BCUT2D eigenvalue weighted by atomic mass is 35.5. The molecule has 0 radical (unpaired) electrons. The van der Waals surface area contributed by atoms with E-state index in [4.69, 9.17) is 23.2 Å². The van der Waals surface area contributed by atoms with Crippen molar-refractivity contribution in [3.05, 3.63) is 105 Å². The summed E-state index contributed by atoms with van der Waals surface area (Å²) in [4.78, 5) is 29.0. The summed E-state index contributed by atoms with van der Waals surface area (Å²) in [5.74, 6) is -0.302. The fraction of sp³-hybridized carbons (Fsp3) is 0.310. The zero-order valence-electron chi connectivity index (χ0n) is 20.4. The molecule has 0 aliphatic heterocycles. The number of aryl methyl sites for hydroxylation is 1. The second-order valence-corrected chi connectivity index (χ2v) is 9.77. The number of carbonyl (C=O) groups excluding carboxylic acids is 2. The Kier molecular flexibility index (Phi) is 9.76. The number of amides is 2. The highest BCUT2D eigenvalue weighted by Crippen LogP contribution is 2.24. The van der Waals surface area contributed by atoms with Crippen LogP contribution < -0.4 is 5.32 Å². The standard InChI is InChI=1S/C29H32Cl2N2O2/c1-4-21(3)32-29(35)27(17-22-10-6-5-7-11-22)33(19-24-12-8-9-20(2)15-24)28(34)18-23-13-14-25(30)26(31)16-23/h5-16,21,27H,4,17-19H2,1-3H3,(H,32,35). The van der Waals surface area contributed by atoms with Crippen molar-refractivity contribution in [3.63, 3.8) is 0 Å². The van der Waals surface area contributed by atoms with E-state index < -0.39 is 6.04 Å². The van der Waals surface area contributed by atoms with Crippen molar-refractivity contribution >= 4 is 35.0 Å². The predicted octanol–water partition coefficient (Wildman–Crippen LogP) is 6.40. The molecule has 2 atom stereocenters. The van der Waals surface area contributed by atoms with Crippen molar-refractivity contribution in [1.29, 1.82) is 0 Å². The first-order valence-electron chi connectivity index (χ1n) is 11.9. The van der Waals surface area contributed by atoms with Crippen LogP contribution in [-0.2, 0) is 29.0 Å². The molecule has 1 N–H and O–H groups in total. The number of nitrogens with zero attached hydrogens (tertiary/aromatic N) is 1. The maximum Gasteiger partial charge on any atom is 0.243 e. The Labute approximate surface area is 218 Å². The largest absolute Gasteiger partial charge is 0.352 e. The second-order valence-electron chi connectivity index (χ2n) is 8.96. The quantitative estimate of drug-likeness (QED) is 0.343. The van der Waals surface area contributed by atoms with Gasteiger partial charge < -0.3 is 10.2 Å². The average Bonchev–Trinajstić information content (AvgIpc) is 2.84. The normalized spacial score (nSPS) is 12.6. The molecule has 6 heteroatoms. The molecule has 0 heterocycles. The van der Waals surface area contributed by atoms with Gasteiger partial charge in [-0.05, 0) is 49.1 Å². The summed E-state index contributed by atoms with van der Waals surface area (Å²) in [6.07, 6.45) is 1.34. The van der Waals surface area contributed by atoms with Gasteiger partial charge in [0.05, 0.1) is 16.5 Å². The summed E-state index contributed by atoms with van der Waals surface area (Å²) in [6.45, 7) is 6.34. The maximum atomic E-state index is 13.8. The van der Waals surface area contributed by atoms with E-state index in [2.05, 4.69) is 5.32 Å². The van der Waals surface area contributed by atoms with Crippen molar-refractivity contribution in [2.24, 2.45) is 0 Å². The molecule has 3 aromatic carbocycles. The minimum absolute atomic E-state index is 0.00627. The minimum Gasteiger partial charge on any atom is -0.352 e. The van der Waals surface area contributed by atoms with Crippen LogP contribution in [0.3, 0.4) is 0 Å². The summed E-state index contributed by atoms with van der Waals surface area (Å²) in [6, 6.07) is 22.4. The van der Waals surface area contributed by atoms with Crippen LogP contribution in [0.15, 0.2) is 72.8 Å². The number of halogens is 2. The monoisotopic (exact) mass is 510 g/mol. The Morgan fingerprint density at radius 1 is 0.886 bits per heavy atom. The molecule has 0 spiro atoms. The third-order valence-electron chi connectivity index (χ3n) is 6.05. The van der Waals surface area contributed by atoms with Gasteiger partial charge in [0, 0.05) is 19.0 Å². The third-order valence-corrected chi connectivity index (χ3v) is 6.79. The Bertz CT molecular complexity index is 1150. The summed E-state index contributed by atoms with van der Waals surface area (Å²) in [7, 11) is 0. The van der Waals surface area contributed by atoms with Crippen LogP contribution in [0.5, 0.6) is 0 Å². The first-order valence-corrected chi connectivity index (χ1v) is 12.7. The highest BCUT2D eigenvalue weighted by molar-refractivity contribution is 6.42. The lowest BCUT2D eigenvalue weighted by atomic mass is 10.0. The molecule has 0 fully saturated rings. The van der Waals surface area contributed by atoms with Gasteiger partial charge in [-0.2, -0.15) is 0 Å². The van der Waals surface area contributed by atoms with Crippen LogP contribution >= 0.6 is 23.2 Å².